The van der Waals surface area contributed by atoms with Crippen LogP contribution in [-0.4, -0.2) is 18.0 Å². The molecule has 5 nitrogen and oxygen atoms in total. The fourth-order valence-corrected chi connectivity index (χ4v) is 1.22. The second-order valence-corrected chi connectivity index (χ2v) is 3.66. The van der Waals surface area contributed by atoms with Gasteiger partial charge in [0.15, 0.2) is 0 Å². The van der Waals surface area contributed by atoms with Gasteiger partial charge >= 0.3 is 6.03 Å². The van der Waals surface area contributed by atoms with Crippen molar-refractivity contribution < 1.29 is 9.59 Å². The fraction of sp³-hybridized carbons (Fsp3) is 0.200. The third-order valence-electron chi connectivity index (χ3n) is 1.87. The van der Waals surface area contributed by atoms with Gasteiger partial charge in [-0.15, -0.1) is 0 Å². The molecule has 0 saturated heterocycles. The van der Waals surface area contributed by atoms with Crippen LogP contribution >= 0.6 is 11.6 Å². The van der Waals surface area contributed by atoms with E-state index in [1.165, 1.54) is 0 Å². The predicted molar refractivity (Wildman–Crippen MR) is 62.3 cm³/mol. The molecule has 6 heteroatoms. The number of carbonyl (C=O) groups is 2. The van der Waals surface area contributed by atoms with Crippen molar-refractivity contribution in [2.45, 2.75) is 13.0 Å². The maximum Gasteiger partial charge on any atom is 0.318 e. The van der Waals surface area contributed by atoms with Crippen molar-refractivity contribution in [1.82, 2.24) is 5.32 Å². The van der Waals surface area contributed by atoms with Gasteiger partial charge in [-0.3, -0.25) is 10.1 Å². The zero-order valence-electron chi connectivity index (χ0n) is 8.66. The third-order valence-corrected chi connectivity index (χ3v) is 2.12. The summed E-state index contributed by atoms with van der Waals surface area (Å²) in [6.07, 6.45) is 0. The van der Waals surface area contributed by atoms with Crippen molar-refractivity contribution in [2.24, 2.45) is 5.73 Å². The van der Waals surface area contributed by atoms with Crippen LogP contribution in [0.4, 0.5) is 10.5 Å². The minimum Gasteiger partial charge on any atom is -0.374 e. The summed E-state index contributed by atoms with van der Waals surface area (Å²) < 4.78 is 0. The van der Waals surface area contributed by atoms with Gasteiger partial charge in [-0.05, 0) is 31.2 Å². The highest BCUT2D eigenvalue weighted by atomic mass is 35.5. The molecule has 1 unspecified atom stereocenters. The largest absolute Gasteiger partial charge is 0.374 e. The van der Waals surface area contributed by atoms with Crippen molar-refractivity contribution in [3.05, 3.63) is 29.3 Å². The summed E-state index contributed by atoms with van der Waals surface area (Å²) in [6, 6.07) is 5.43. The van der Waals surface area contributed by atoms with E-state index >= 15 is 0 Å². The number of halogens is 1. The number of carbonyl (C=O) groups excluding carboxylic acids is 2. The molecule has 0 aliphatic carbocycles. The molecule has 0 spiro atoms. The Morgan fingerprint density at radius 2 is 1.88 bits per heavy atom. The molecule has 1 aromatic rings. The van der Waals surface area contributed by atoms with Crippen LogP contribution in [0.3, 0.4) is 0 Å². The van der Waals surface area contributed by atoms with Crippen molar-refractivity contribution in [3.8, 4) is 0 Å². The highest BCUT2D eigenvalue weighted by Crippen LogP contribution is 2.14. The van der Waals surface area contributed by atoms with Crippen molar-refractivity contribution >= 4 is 29.2 Å². The molecular formula is C10H12ClN3O2. The van der Waals surface area contributed by atoms with Gasteiger partial charge in [-0.2, -0.15) is 0 Å². The van der Waals surface area contributed by atoms with E-state index in [0.717, 1.165) is 5.69 Å². The van der Waals surface area contributed by atoms with E-state index < -0.39 is 18.0 Å². The van der Waals surface area contributed by atoms with Crippen LogP contribution in [-0.2, 0) is 4.79 Å². The number of benzene rings is 1. The quantitative estimate of drug-likeness (QED) is 0.747. The third kappa shape index (κ3) is 3.78. The second-order valence-electron chi connectivity index (χ2n) is 3.23. The number of anilines is 1. The first kappa shape index (κ1) is 12.3. The molecule has 0 saturated carbocycles. The van der Waals surface area contributed by atoms with Crippen LogP contribution in [0.2, 0.25) is 5.02 Å². The van der Waals surface area contributed by atoms with Gasteiger partial charge in [0.2, 0.25) is 5.91 Å². The predicted octanol–water partition coefficient (Wildman–Crippen LogP) is 1.34. The molecule has 0 aliphatic heterocycles. The molecule has 0 aromatic heterocycles. The first-order valence-electron chi connectivity index (χ1n) is 4.61. The van der Waals surface area contributed by atoms with Crippen molar-refractivity contribution in [2.75, 3.05) is 5.32 Å². The molecule has 1 rings (SSSR count). The lowest BCUT2D eigenvalue weighted by atomic mass is 10.2. The molecule has 0 heterocycles. The summed E-state index contributed by atoms with van der Waals surface area (Å²) in [5.41, 5.74) is 5.56. The van der Waals surface area contributed by atoms with E-state index in [2.05, 4.69) is 5.32 Å². The van der Waals surface area contributed by atoms with Gasteiger partial charge in [0.05, 0.1) is 0 Å². The summed E-state index contributed by atoms with van der Waals surface area (Å²) in [6.45, 7) is 1.62. The smallest absolute Gasteiger partial charge is 0.318 e. The Morgan fingerprint density at radius 1 is 1.31 bits per heavy atom. The van der Waals surface area contributed by atoms with E-state index in [-0.39, 0.29) is 0 Å². The van der Waals surface area contributed by atoms with Gasteiger partial charge in [-0.1, -0.05) is 11.6 Å². The monoisotopic (exact) mass is 241 g/mol. The molecule has 0 aliphatic rings. The normalized spacial score (nSPS) is 11.6. The van der Waals surface area contributed by atoms with Gasteiger partial charge in [0.25, 0.3) is 0 Å². The Kier molecular flexibility index (Phi) is 4.13. The molecule has 1 atom stereocenters. The number of amides is 3. The molecule has 3 amide bonds. The number of imide groups is 1. The van der Waals surface area contributed by atoms with Gasteiger partial charge in [0, 0.05) is 10.7 Å². The lowest BCUT2D eigenvalue weighted by molar-refractivity contribution is -0.120. The Hall–Kier alpha value is -1.75. The Labute approximate surface area is 98.0 Å². The summed E-state index contributed by atoms with van der Waals surface area (Å²) in [5, 5.41) is 5.49. The number of urea groups is 1. The zero-order chi connectivity index (χ0) is 12.1. The fourth-order valence-electron chi connectivity index (χ4n) is 1.09. The van der Waals surface area contributed by atoms with Crippen LogP contribution in [0, 0.1) is 0 Å². The molecular weight excluding hydrogens is 230 g/mol. The number of nitrogens with two attached hydrogens (primary N) is 1. The van der Waals surface area contributed by atoms with Crippen LogP contribution in [0.5, 0.6) is 0 Å². The van der Waals surface area contributed by atoms with E-state index in [0.29, 0.717) is 5.02 Å². The topological polar surface area (TPSA) is 84.2 Å². The average Bonchev–Trinajstić information content (AvgIpc) is 2.20. The Balaban J connectivity index is 2.57. The first-order chi connectivity index (χ1) is 7.49. The summed E-state index contributed by atoms with van der Waals surface area (Å²) >= 11 is 5.71. The number of primary amides is 1. The minimum absolute atomic E-state index is 0.484. The van der Waals surface area contributed by atoms with Crippen molar-refractivity contribution in [3.63, 3.8) is 0 Å². The standard InChI is InChI=1S/C10H12ClN3O2/c1-6(9(15)14-10(12)16)13-8-4-2-7(11)3-5-8/h2-6,13H,1H3,(H3,12,14,15,16). The lowest BCUT2D eigenvalue weighted by Gasteiger charge is -2.13. The van der Waals surface area contributed by atoms with E-state index in [9.17, 15) is 9.59 Å². The maximum absolute atomic E-state index is 11.3. The molecule has 86 valence electrons. The molecule has 16 heavy (non-hydrogen) atoms. The van der Waals surface area contributed by atoms with Crippen LogP contribution < -0.4 is 16.4 Å². The SMILES string of the molecule is CC(Nc1ccc(Cl)cc1)C(=O)NC(N)=O. The number of nitrogens with one attached hydrogen (secondary N) is 2. The van der Waals surface area contributed by atoms with Gasteiger partial charge in [-0.25, -0.2) is 4.79 Å². The second kappa shape index (κ2) is 5.37. The average molecular weight is 242 g/mol. The molecule has 0 radical (unpaired) electrons. The highest BCUT2D eigenvalue weighted by Gasteiger charge is 2.13. The summed E-state index contributed by atoms with van der Waals surface area (Å²) in [7, 11) is 0. The first-order valence-corrected chi connectivity index (χ1v) is 4.99. The summed E-state index contributed by atoms with van der Waals surface area (Å²) in [5.74, 6) is -0.484. The van der Waals surface area contributed by atoms with Crippen molar-refractivity contribution in [1.29, 1.82) is 0 Å². The maximum atomic E-state index is 11.3. The minimum atomic E-state index is -0.866. The summed E-state index contributed by atoms with van der Waals surface area (Å²) in [4.78, 5) is 21.8. The molecule has 0 fully saturated rings. The zero-order valence-corrected chi connectivity index (χ0v) is 9.41. The molecule has 0 bridgehead atoms. The van der Waals surface area contributed by atoms with Gasteiger partial charge in [0.1, 0.15) is 6.04 Å². The molecule has 4 N–H and O–H groups in total. The van der Waals surface area contributed by atoms with Crippen LogP contribution in [0.25, 0.3) is 0 Å². The lowest BCUT2D eigenvalue weighted by Crippen LogP contribution is -2.43. The number of rotatable bonds is 3. The molecule has 1 aromatic carbocycles. The van der Waals surface area contributed by atoms with E-state index in [1.807, 2.05) is 5.32 Å². The van der Waals surface area contributed by atoms with E-state index in [4.69, 9.17) is 17.3 Å². The van der Waals surface area contributed by atoms with Crippen LogP contribution in [0.15, 0.2) is 24.3 Å². The van der Waals surface area contributed by atoms with Gasteiger partial charge < -0.3 is 11.1 Å². The number of hydrogen-bond acceptors (Lipinski definition) is 3. The Bertz CT molecular complexity index is 392. The number of hydrogen-bond donors (Lipinski definition) is 3. The Morgan fingerprint density at radius 3 is 2.38 bits per heavy atom. The van der Waals surface area contributed by atoms with E-state index in [1.54, 1.807) is 31.2 Å². The highest BCUT2D eigenvalue weighted by molar-refractivity contribution is 6.30. The van der Waals surface area contributed by atoms with Crippen LogP contribution in [0.1, 0.15) is 6.92 Å².